The molecule has 0 unspecified atom stereocenters. The van der Waals surface area contributed by atoms with Crippen molar-refractivity contribution in [2.75, 3.05) is 24.6 Å². The van der Waals surface area contributed by atoms with Crippen molar-refractivity contribution in [2.45, 2.75) is 44.4 Å². The van der Waals surface area contributed by atoms with Crippen LogP contribution in [0.4, 0.5) is 5.69 Å². The third-order valence-corrected chi connectivity index (χ3v) is 8.31. The van der Waals surface area contributed by atoms with Gasteiger partial charge in [-0.3, -0.25) is 9.59 Å². The van der Waals surface area contributed by atoms with Crippen LogP contribution in [-0.2, 0) is 19.6 Å². The predicted octanol–water partition coefficient (Wildman–Crippen LogP) is 3.00. The maximum absolute atomic E-state index is 12.8. The molecule has 2 heterocycles. The molecular formula is C25H30N4O4S. The van der Waals surface area contributed by atoms with E-state index in [9.17, 15) is 18.0 Å². The largest absolute Gasteiger partial charge is 0.351 e. The maximum atomic E-state index is 12.8. The van der Waals surface area contributed by atoms with Crippen molar-refractivity contribution in [3.63, 3.8) is 0 Å². The zero-order valence-electron chi connectivity index (χ0n) is 19.5. The number of aryl methyl sites for hydroxylation is 2. The molecule has 2 aliphatic rings. The number of amides is 2. The molecule has 0 aromatic heterocycles. The molecule has 8 nitrogen and oxygen atoms in total. The van der Waals surface area contributed by atoms with Crippen LogP contribution in [0.3, 0.4) is 0 Å². The molecule has 4 rings (SSSR count). The summed E-state index contributed by atoms with van der Waals surface area (Å²) < 4.78 is 27.1. The summed E-state index contributed by atoms with van der Waals surface area (Å²) in [5, 5.41) is 8.66. The Morgan fingerprint density at radius 2 is 1.76 bits per heavy atom. The van der Waals surface area contributed by atoms with Crippen molar-refractivity contribution in [2.24, 2.45) is 11.0 Å². The summed E-state index contributed by atoms with van der Waals surface area (Å²) in [5.41, 5.74) is 2.97. The lowest BCUT2D eigenvalue weighted by Gasteiger charge is -2.31. The highest BCUT2D eigenvalue weighted by Gasteiger charge is 2.30. The SMILES string of the molecule is Cc1ccc(C)c(N2N=C(C(=O)NCC3CCN(S(=O)(=O)c4ccccc4)CC3)CCC2=O)c1. The lowest BCUT2D eigenvalue weighted by atomic mass is 9.98. The third kappa shape index (κ3) is 5.20. The van der Waals surface area contributed by atoms with E-state index in [1.807, 2.05) is 32.0 Å². The van der Waals surface area contributed by atoms with Gasteiger partial charge in [-0.15, -0.1) is 0 Å². The van der Waals surface area contributed by atoms with Gasteiger partial charge in [0.2, 0.25) is 15.9 Å². The van der Waals surface area contributed by atoms with E-state index in [0.29, 0.717) is 55.2 Å². The highest BCUT2D eigenvalue weighted by Crippen LogP contribution is 2.26. The second kappa shape index (κ2) is 10.1. The summed E-state index contributed by atoms with van der Waals surface area (Å²) in [5.74, 6) is -0.216. The van der Waals surface area contributed by atoms with E-state index in [0.717, 1.165) is 11.1 Å². The zero-order valence-corrected chi connectivity index (χ0v) is 20.3. The second-order valence-electron chi connectivity index (χ2n) is 8.91. The summed E-state index contributed by atoms with van der Waals surface area (Å²) in [7, 11) is -3.49. The van der Waals surface area contributed by atoms with Crippen LogP contribution in [0, 0.1) is 19.8 Å². The number of sulfonamides is 1. The molecule has 0 aliphatic carbocycles. The van der Waals surface area contributed by atoms with Crippen molar-refractivity contribution in [3.05, 3.63) is 59.7 Å². The molecule has 0 atom stereocenters. The van der Waals surface area contributed by atoms with Gasteiger partial charge in [0, 0.05) is 32.5 Å². The smallest absolute Gasteiger partial charge is 0.267 e. The van der Waals surface area contributed by atoms with Crippen LogP contribution in [0.15, 0.2) is 58.5 Å². The molecular weight excluding hydrogens is 452 g/mol. The van der Waals surface area contributed by atoms with Gasteiger partial charge in [0.1, 0.15) is 5.71 Å². The summed E-state index contributed by atoms with van der Waals surface area (Å²) in [6.07, 6.45) is 1.88. The molecule has 1 saturated heterocycles. The van der Waals surface area contributed by atoms with E-state index in [1.54, 1.807) is 30.3 Å². The summed E-state index contributed by atoms with van der Waals surface area (Å²) in [6.45, 7) is 5.16. The molecule has 1 fully saturated rings. The lowest BCUT2D eigenvalue weighted by Crippen LogP contribution is -2.44. The molecule has 2 aliphatic heterocycles. The van der Waals surface area contributed by atoms with E-state index in [4.69, 9.17) is 0 Å². The average molecular weight is 483 g/mol. The van der Waals surface area contributed by atoms with E-state index in [-0.39, 0.29) is 24.2 Å². The molecule has 2 aromatic rings. The number of rotatable bonds is 6. The molecule has 34 heavy (non-hydrogen) atoms. The van der Waals surface area contributed by atoms with Crippen LogP contribution in [0.2, 0.25) is 0 Å². The van der Waals surface area contributed by atoms with Crippen LogP contribution < -0.4 is 10.3 Å². The second-order valence-corrected chi connectivity index (χ2v) is 10.9. The summed E-state index contributed by atoms with van der Waals surface area (Å²) in [6, 6.07) is 14.3. The van der Waals surface area contributed by atoms with E-state index in [1.165, 1.54) is 9.31 Å². The third-order valence-electron chi connectivity index (χ3n) is 6.39. The minimum Gasteiger partial charge on any atom is -0.351 e. The van der Waals surface area contributed by atoms with Gasteiger partial charge < -0.3 is 5.32 Å². The highest BCUT2D eigenvalue weighted by molar-refractivity contribution is 7.89. The van der Waals surface area contributed by atoms with Gasteiger partial charge in [-0.1, -0.05) is 30.3 Å². The number of piperidine rings is 1. The normalized spacial score (nSPS) is 18.0. The first kappa shape index (κ1) is 24.1. The summed E-state index contributed by atoms with van der Waals surface area (Å²) >= 11 is 0. The van der Waals surface area contributed by atoms with Gasteiger partial charge in [-0.05, 0) is 61.9 Å². The summed E-state index contributed by atoms with van der Waals surface area (Å²) in [4.78, 5) is 25.6. The molecule has 1 N–H and O–H groups in total. The Hall–Kier alpha value is -3.04. The van der Waals surface area contributed by atoms with Crippen molar-refractivity contribution in [1.82, 2.24) is 9.62 Å². The Balaban J connectivity index is 1.34. The number of benzene rings is 2. The van der Waals surface area contributed by atoms with Crippen LogP contribution in [0.25, 0.3) is 0 Å². The Bertz CT molecular complexity index is 1200. The molecule has 0 spiro atoms. The molecule has 2 aromatic carbocycles. The predicted molar refractivity (Wildman–Crippen MR) is 131 cm³/mol. The van der Waals surface area contributed by atoms with E-state index < -0.39 is 10.0 Å². The first-order valence-electron chi connectivity index (χ1n) is 11.6. The monoisotopic (exact) mass is 482 g/mol. The number of carbonyl (C=O) groups is 2. The minimum absolute atomic E-state index is 0.128. The van der Waals surface area contributed by atoms with Crippen LogP contribution >= 0.6 is 0 Å². The Morgan fingerprint density at radius 1 is 1.06 bits per heavy atom. The number of hydrogen-bond donors (Lipinski definition) is 1. The standard InChI is InChI=1S/C25H30N4O4S/c1-18-8-9-19(2)23(16-18)29-24(30)11-10-22(27-29)25(31)26-17-20-12-14-28(15-13-20)34(32,33)21-6-4-3-5-7-21/h3-9,16,20H,10-15,17H2,1-2H3,(H,26,31). The average Bonchev–Trinajstić information content (AvgIpc) is 2.85. The number of hydrogen-bond acceptors (Lipinski definition) is 5. The van der Waals surface area contributed by atoms with Gasteiger partial charge in [0.15, 0.2) is 0 Å². The number of anilines is 1. The van der Waals surface area contributed by atoms with Crippen molar-refractivity contribution >= 4 is 33.2 Å². The van der Waals surface area contributed by atoms with Gasteiger partial charge in [0.05, 0.1) is 10.6 Å². The minimum atomic E-state index is -3.49. The fourth-order valence-corrected chi connectivity index (χ4v) is 5.78. The molecule has 0 saturated carbocycles. The van der Waals surface area contributed by atoms with Gasteiger partial charge in [-0.25, -0.2) is 13.4 Å². The first-order valence-corrected chi connectivity index (χ1v) is 13.0. The Morgan fingerprint density at radius 3 is 2.47 bits per heavy atom. The van der Waals surface area contributed by atoms with Crippen molar-refractivity contribution < 1.29 is 18.0 Å². The van der Waals surface area contributed by atoms with Gasteiger partial charge >= 0.3 is 0 Å². The molecule has 2 amide bonds. The maximum Gasteiger partial charge on any atom is 0.267 e. The fourth-order valence-electron chi connectivity index (χ4n) is 4.29. The molecule has 180 valence electrons. The highest BCUT2D eigenvalue weighted by atomic mass is 32.2. The lowest BCUT2D eigenvalue weighted by molar-refractivity contribution is -0.119. The van der Waals surface area contributed by atoms with Gasteiger partial charge in [-0.2, -0.15) is 9.41 Å². The quantitative estimate of drug-likeness (QED) is 0.684. The van der Waals surface area contributed by atoms with Crippen molar-refractivity contribution in [3.8, 4) is 0 Å². The van der Waals surface area contributed by atoms with Crippen LogP contribution in [0.5, 0.6) is 0 Å². The van der Waals surface area contributed by atoms with Crippen LogP contribution in [0.1, 0.15) is 36.8 Å². The number of nitrogens with one attached hydrogen (secondary N) is 1. The molecule has 0 radical (unpaired) electrons. The van der Waals surface area contributed by atoms with E-state index >= 15 is 0 Å². The Kier molecular flexibility index (Phi) is 7.13. The molecule has 0 bridgehead atoms. The first-order chi connectivity index (χ1) is 16.3. The van der Waals surface area contributed by atoms with Crippen LogP contribution in [-0.4, -0.2) is 49.9 Å². The van der Waals surface area contributed by atoms with Crippen molar-refractivity contribution in [1.29, 1.82) is 0 Å². The number of nitrogens with zero attached hydrogens (tertiary/aromatic N) is 3. The zero-order chi connectivity index (χ0) is 24.3. The Labute approximate surface area is 200 Å². The fraction of sp³-hybridized carbons (Fsp3) is 0.400. The molecule has 9 heteroatoms. The van der Waals surface area contributed by atoms with Gasteiger partial charge in [0.25, 0.3) is 5.91 Å². The number of carbonyl (C=O) groups excluding carboxylic acids is 2. The topological polar surface area (TPSA) is 99.2 Å². The number of hydrazone groups is 1. The van der Waals surface area contributed by atoms with E-state index in [2.05, 4.69) is 10.4 Å².